The predicted octanol–water partition coefficient (Wildman–Crippen LogP) is 3.42. The van der Waals surface area contributed by atoms with Crippen molar-refractivity contribution in [2.75, 3.05) is 11.9 Å². The number of carbonyl (C=O) groups is 1. The maximum Gasteiger partial charge on any atom is 0.411 e. The molecule has 0 saturated heterocycles. The first-order chi connectivity index (χ1) is 11.2. The molecular weight excluding hydrogens is 296 g/mol. The Balaban J connectivity index is 2.08. The van der Waals surface area contributed by atoms with Gasteiger partial charge in [-0.2, -0.15) is 0 Å². The summed E-state index contributed by atoms with van der Waals surface area (Å²) in [6, 6.07) is 11.8. The summed E-state index contributed by atoms with van der Waals surface area (Å²) >= 11 is 0. The second-order valence-corrected chi connectivity index (χ2v) is 4.72. The molecule has 0 unspecified atom stereocenters. The number of aromatic nitrogens is 1. The molecule has 116 valence electrons. The Kier molecular flexibility index (Phi) is 4.05. The minimum atomic E-state index is -0.565. The molecule has 2 aromatic heterocycles. The number of carbonyl (C=O) groups excluding carboxylic acids is 1. The van der Waals surface area contributed by atoms with Gasteiger partial charge in [0.1, 0.15) is 5.76 Å². The largest absolute Gasteiger partial charge is 0.454 e. The number of hydrogen-bond donors (Lipinski definition) is 1. The van der Waals surface area contributed by atoms with Crippen LogP contribution in [0.4, 0.5) is 10.5 Å². The Hall–Kier alpha value is -3.15. The van der Waals surface area contributed by atoms with E-state index in [4.69, 9.17) is 9.15 Å². The third-order valence-electron chi connectivity index (χ3n) is 3.19. The van der Waals surface area contributed by atoms with Gasteiger partial charge in [-0.15, -0.1) is 0 Å². The smallest absolute Gasteiger partial charge is 0.411 e. The SMILES string of the molecule is CCOC(=O)Nc1ccccc1-c1cc(=O)c2ncccc2o1. The molecule has 0 spiro atoms. The van der Waals surface area contributed by atoms with Crippen molar-refractivity contribution in [1.29, 1.82) is 0 Å². The van der Waals surface area contributed by atoms with E-state index in [0.717, 1.165) is 0 Å². The number of nitrogens with one attached hydrogen (secondary N) is 1. The van der Waals surface area contributed by atoms with E-state index >= 15 is 0 Å². The molecule has 1 N–H and O–H groups in total. The van der Waals surface area contributed by atoms with Crippen LogP contribution in [-0.2, 0) is 4.74 Å². The molecule has 0 aliphatic heterocycles. The molecule has 6 nitrogen and oxygen atoms in total. The van der Waals surface area contributed by atoms with Crippen LogP contribution in [0, 0.1) is 0 Å². The van der Waals surface area contributed by atoms with Crippen LogP contribution < -0.4 is 10.7 Å². The summed E-state index contributed by atoms with van der Waals surface area (Å²) < 4.78 is 10.6. The lowest BCUT2D eigenvalue weighted by atomic mass is 10.1. The van der Waals surface area contributed by atoms with Gasteiger partial charge < -0.3 is 9.15 Å². The Morgan fingerprint density at radius 3 is 2.91 bits per heavy atom. The highest BCUT2D eigenvalue weighted by Crippen LogP contribution is 2.28. The van der Waals surface area contributed by atoms with E-state index in [0.29, 0.717) is 22.6 Å². The van der Waals surface area contributed by atoms with E-state index in [9.17, 15) is 9.59 Å². The van der Waals surface area contributed by atoms with Crippen LogP contribution in [-0.4, -0.2) is 17.7 Å². The molecule has 23 heavy (non-hydrogen) atoms. The van der Waals surface area contributed by atoms with Gasteiger partial charge in [0.15, 0.2) is 11.1 Å². The zero-order valence-corrected chi connectivity index (χ0v) is 12.4. The summed E-state index contributed by atoms with van der Waals surface area (Å²) in [5.41, 5.74) is 1.50. The minimum absolute atomic E-state index is 0.243. The number of pyridine rings is 1. The minimum Gasteiger partial charge on any atom is -0.454 e. The van der Waals surface area contributed by atoms with E-state index in [1.54, 1.807) is 43.3 Å². The lowest BCUT2D eigenvalue weighted by molar-refractivity contribution is 0.168. The number of nitrogens with zero attached hydrogens (tertiary/aromatic N) is 1. The molecule has 6 heteroatoms. The van der Waals surface area contributed by atoms with Crippen molar-refractivity contribution in [3.8, 4) is 11.3 Å². The molecule has 0 bridgehead atoms. The number of rotatable bonds is 3. The number of para-hydroxylation sites is 1. The Labute approximate surface area is 131 Å². The Morgan fingerprint density at radius 1 is 1.26 bits per heavy atom. The molecule has 1 aromatic carbocycles. The van der Waals surface area contributed by atoms with Crippen LogP contribution in [0.1, 0.15) is 6.92 Å². The van der Waals surface area contributed by atoms with Gasteiger partial charge in [-0.25, -0.2) is 9.78 Å². The van der Waals surface area contributed by atoms with Crippen molar-refractivity contribution in [2.24, 2.45) is 0 Å². The first-order valence-corrected chi connectivity index (χ1v) is 7.11. The second-order valence-electron chi connectivity index (χ2n) is 4.72. The molecule has 2 heterocycles. The first kappa shape index (κ1) is 14.8. The van der Waals surface area contributed by atoms with Crippen molar-refractivity contribution in [3.05, 3.63) is 58.9 Å². The summed E-state index contributed by atoms with van der Waals surface area (Å²) in [5, 5.41) is 2.64. The lowest BCUT2D eigenvalue weighted by Crippen LogP contribution is -2.14. The fraction of sp³-hybridized carbons (Fsp3) is 0.118. The molecule has 0 aliphatic carbocycles. The van der Waals surface area contributed by atoms with Crippen molar-refractivity contribution >= 4 is 22.9 Å². The molecule has 0 atom stereocenters. The van der Waals surface area contributed by atoms with Crippen molar-refractivity contribution < 1.29 is 13.9 Å². The van der Waals surface area contributed by atoms with Gasteiger partial charge >= 0.3 is 6.09 Å². The summed E-state index contributed by atoms with van der Waals surface area (Å²) in [7, 11) is 0. The van der Waals surface area contributed by atoms with Crippen LogP contribution in [0.25, 0.3) is 22.4 Å². The molecule has 0 saturated carbocycles. The molecule has 0 radical (unpaired) electrons. The maximum absolute atomic E-state index is 12.2. The molecule has 3 rings (SSSR count). The van der Waals surface area contributed by atoms with Crippen molar-refractivity contribution in [1.82, 2.24) is 4.98 Å². The molecular formula is C17H14N2O4. The third kappa shape index (κ3) is 3.06. The summed E-state index contributed by atoms with van der Waals surface area (Å²) in [4.78, 5) is 27.8. The van der Waals surface area contributed by atoms with Crippen LogP contribution in [0.15, 0.2) is 57.9 Å². The summed E-state index contributed by atoms with van der Waals surface area (Å²) in [6.07, 6.45) is 0.972. The van der Waals surface area contributed by atoms with Crippen LogP contribution >= 0.6 is 0 Å². The zero-order chi connectivity index (χ0) is 16.2. The topological polar surface area (TPSA) is 81.4 Å². The summed E-state index contributed by atoms with van der Waals surface area (Å²) in [5.74, 6) is 0.350. The van der Waals surface area contributed by atoms with Crippen molar-refractivity contribution in [2.45, 2.75) is 6.92 Å². The second kappa shape index (κ2) is 6.31. The van der Waals surface area contributed by atoms with Crippen LogP contribution in [0.3, 0.4) is 0 Å². The number of fused-ring (bicyclic) bond motifs is 1. The zero-order valence-electron chi connectivity index (χ0n) is 12.4. The van der Waals surface area contributed by atoms with Gasteiger partial charge in [-0.3, -0.25) is 10.1 Å². The maximum atomic E-state index is 12.2. The highest BCUT2D eigenvalue weighted by molar-refractivity contribution is 5.91. The molecule has 0 fully saturated rings. The molecule has 0 aliphatic rings. The molecule has 1 amide bonds. The number of benzene rings is 1. The third-order valence-corrected chi connectivity index (χ3v) is 3.19. The monoisotopic (exact) mass is 310 g/mol. The first-order valence-electron chi connectivity index (χ1n) is 7.11. The van der Waals surface area contributed by atoms with Gasteiger partial charge in [0, 0.05) is 17.8 Å². The fourth-order valence-electron chi connectivity index (χ4n) is 2.21. The fourth-order valence-corrected chi connectivity index (χ4v) is 2.21. The highest BCUT2D eigenvalue weighted by atomic mass is 16.5. The van der Waals surface area contributed by atoms with Crippen molar-refractivity contribution in [3.63, 3.8) is 0 Å². The predicted molar refractivity (Wildman–Crippen MR) is 86.4 cm³/mol. The van der Waals surface area contributed by atoms with Gasteiger partial charge in [0.25, 0.3) is 0 Å². The van der Waals surface area contributed by atoms with Crippen LogP contribution in [0.5, 0.6) is 0 Å². The number of ether oxygens (including phenoxy) is 1. The van der Waals surface area contributed by atoms with E-state index in [1.807, 2.05) is 0 Å². The Morgan fingerprint density at radius 2 is 2.09 bits per heavy atom. The number of anilines is 1. The summed E-state index contributed by atoms with van der Waals surface area (Å²) in [6.45, 7) is 1.99. The van der Waals surface area contributed by atoms with Gasteiger partial charge in [-0.1, -0.05) is 12.1 Å². The van der Waals surface area contributed by atoms with E-state index in [2.05, 4.69) is 10.3 Å². The molecule has 3 aromatic rings. The average Bonchev–Trinajstić information content (AvgIpc) is 2.55. The number of amides is 1. The van der Waals surface area contributed by atoms with Crippen LogP contribution in [0.2, 0.25) is 0 Å². The van der Waals surface area contributed by atoms with E-state index in [-0.39, 0.29) is 17.6 Å². The average molecular weight is 310 g/mol. The lowest BCUT2D eigenvalue weighted by Gasteiger charge is -2.10. The number of hydrogen-bond acceptors (Lipinski definition) is 5. The van der Waals surface area contributed by atoms with Gasteiger partial charge in [-0.05, 0) is 31.2 Å². The van der Waals surface area contributed by atoms with Gasteiger partial charge in [0.2, 0.25) is 5.43 Å². The normalized spacial score (nSPS) is 10.5. The Bertz CT molecular complexity index is 918. The van der Waals surface area contributed by atoms with E-state index in [1.165, 1.54) is 12.3 Å². The standard InChI is InChI=1S/C17H14N2O4/c1-2-22-17(21)19-12-7-4-3-6-11(12)15-10-13(20)16-14(23-15)8-5-9-18-16/h3-10H,2H2,1H3,(H,19,21). The quantitative estimate of drug-likeness (QED) is 0.801. The van der Waals surface area contributed by atoms with E-state index < -0.39 is 6.09 Å². The highest BCUT2D eigenvalue weighted by Gasteiger charge is 2.13. The van der Waals surface area contributed by atoms with Gasteiger partial charge in [0.05, 0.1) is 12.3 Å².